The highest BCUT2D eigenvalue weighted by atomic mass is 16.1. The van der Waals surface area contributed by atoms with Gasteiger partial charge in [0.15, 0.2) is 12.5 Å². The zero-order chi connectivity index (χ0) is 10.8. The van der Waals surface area contributed by atoms with E-state index in [0.29, 0.717) is 24.6 Å². The maximum atomic E-state index is 11.8. The minimum absolute atomic E-state index is 0.0488. The summed E-state index contributed by atoms with van der Waals surface area (Å²) in [4.78, 5) is 19.9. The molecule has 1 aromatic rings. The van der Waals surface area contributed by atoms with Gasteiger partial charge in [0, 0.05) is 11.3 Å². The third kappa shape index (κ3) is 1.83. The summed E-state index contributed by atoms with van der Waals surface area (Å²) in [7, 11) is 0. The van der Waals surface area contributed by atoms with Gasteiger partial charge < -0.3 is 0 Å². The number of aryl methyl sites for hydroxylation is 1. The predicted octanol–water partition coefficient (Wildman–Crippen LogP) is 0.682. The van der Waals surface area contributed by atoms with E-state index < -0.39 is 0 Å². The van der Waals surface area contributed by atoms with Gasteiger partial charge in [-0.25, -0.2) is 9.98 Å². The first-order valence-electron chi connectivity index (χ1n) is 4.62. The molecule has 0 saturated carbocycles. The second kappa shape index (κ2) is 3.72. The lowest BCUT2D eigenvalue weighted by molar-refractivity contribution is 0.754. The first-order valence-corrected chi connectivity index (χ1v) is 4.62. The van der Waals surface area contributed by atoms with E-state index in [9.17, 15) is 4.79 Å². The van der Waals surface area contributed by atoms with Crippen molar-refractivity contribution in [3.8, 4) is 0 Å². The summed E-state index contributed by atoms with van der Waals surface area (Å²) in [6.07, 6.45) is 1.51. The summed E-state index contributed by atoms with van der Waals surface area (Å²) in [5, 5.41) is 7.53. The Balaban J connectivity index is 2.33. The van der Waals surface area contributed by atoms with Crippen LogP contribution in [0.4, 0.5) is 0 Å². The number of azo groups is 1. The number of nitrogens with zero attached hydrogens (tertiary/aromatic N) is 5. The molecule has 0 radical (unpaired) electrons. The van der Waals surface area contributed by atoms with Crippen molar-refractivity contribution in [2.75, 3.05) is 6.67 Å². The summed E-state index contributed by atoms with van der Waals surface area (Å²) in [6.45, 7) is 4.28. The first kappa shape index (κ1) is 9.70. The van der Waals surface area contributed by atoms with Crippen LogP contribution in [-0.2, 0) is 6.54 Å². The summed E-state index contributed by atoms with van der Waals surface area (Å²) in [5.74, 6) is 0.571. The van der Waals surface area contributed by atoms with E-state index in [0.717, 1.165) is 5.69 Å². The third-order valence-corrected chi connectivity index (χ3v) is 2.33. The fourth-order valence-electron chi connectivity index (χ4n) is 1.28. The molecule has 0 spiro atoms. The normalized spacial score (nSPS) is 14.4. The molecule has 2 rings (SSSR count). The predicted molar refractivity (Wildman–Crippen MR) is 55.1 cm³/mol. The molecular weight excluding hydrogens is 194 g/mol. The molecule has 0 N–H and O–H groups in total. The zero-order valence-electron chi connectivity index (χ0n) is 8.64. The molecule has 6 nitrogen and oxygen atoms in total. The number of rotatable bonds is 2. The second-order valence-electron chi connectivity index (χ2n) is 3.35. The van der Waals surface area contributed by atoms with Gasteiger partial charge >= 0.3 is 0 Å². The Kier molecular flexibility index (Phi) is 2.40. The van der Waals surface area contributed by atoms with Crippen molar-refractivity contribution in [2.45, 2.75) is 20.4 Å². The summed E-state index contributed by atoms with van der Waals surface area (Å²) < 4.78 is 1.49. The van der Waals surface area contributed by atoms with E-state index >= 15 is 0 Å². The summed E-state index contributed by atoms with van der Waals surface area (Å²) in [5.41, 5.74) is 1.37. The van der Waals surface area contributed by atoms with Crippen molar-refractivity contribution in [1.82, 2.24) is 9.55 Å². The van der Waals surface area contributed by atoms with Gasteiger partial charge in [0.2, 0.25) is 0 Å². The highest BCUT2D eigenvalue weighted by Crippen LogP contribution is 1.99. The highest BCUT2D eigenvalue weighted by molar-refractivity contribution is 5.83. The van der Waals surface area contributed by atoms with E-state index in [4.69, 9.17) is 0 Å². The van der Waals surface area contributed by atoms with Crippen LogP contribution in [0.15, 0.2) is 26.3 Å². The standard InChI is InChI=1S/C9H11N5O/c1-6-7(2)11-5-14(9(6)15)3-8-10-4-12-13-8/h5H,3-4H2,1-2H3. The number of aliphatic imine (C=N–C) groups is 1. The van der Waals surface area contributed by atoms with Crippen LogP contribution in [0.25, 0.3) is 0 Å². The number of hydrogen-bond acceptors (Lipinski definition) is 5. The molecule has 0 aliphatic carbocycles. The van der Waals surface area contributed by atoms with Crippen LogP contribution >= 0.6 is 0 Å². The average Bonchev–Trinajstić information content (AvgIpc) is 2.72. The highest BCUT2D eigenvalue weighted by Gasteiger charge is 2.08. The van der Waals surface area contributed by atoms with E-state index in [-0.39, 0.29) is 5.56 Å². The lowest BCUT2D eigenvalue weighted by Crippen LogP contribution is -2.26. The lowest BCUT2D eigenvalue weighted by Gasteiger charge is -2.05. The molecule has 1 aliphatic heterocycles. The molecular formula is C9H11N5O. The summed E-state index contributed by atoms with van der Waals surface area (Å²) >= 11 is 0. The molecule has 0 saturated heterocycles. The Labute approximate surface area is 86.4 Å². The van der Waals surface area contributed by atoms with Crippen molar-refractivity contribution < 1.29 is 0 Å². The Morgan fingerprint density at radius 3 is 2.93 bits per heavy atom. The zero-order valence-corrected chi connectivity index (χ0v) is 8.64. The Morgan fingerprint density at radius 1 is 1.47 bits per heavy atom. The smallest absolute Gasteiger partial charge is 0.256 e. The quantitative estimate of drug-likeness (QED) is 0.712. The van der Waals surface area contributed by atoms with Gasteiger partial charge in [-0.05, 0) is 13.8 Å². The minimum Gasteiger partial charge on any atom is -0.291 e. The van der Waals surface area contributed by atoms with Gasteiger partial charge in [0.05, 0.1) is 12.9 Å². The fraction of sp³-hybridized carbons (Fsp3) is 0.444. The van der Waals surface area contributed by atoms with Crippen LogP contribution in [0.5, 0.6) is 0 Å². The molecule has 15 heavy (non-hydrogen) atoms. The van der Waals surface area contributed by atoms with Gasteiger partial charge in [-0.1, -0.05) is 0 Å². The molecule has 0 amide bonds. The lowest BCUT2D eigenvalue weighted by atomic mass is 10.3. The largest absolute Gasteiger partial charge is 0.291 e. The van der Waals surface area contributed by atoms with Crippen LogP contribution in [-0.4, -0.2) is 22.1 Å². The SMILES string of the molecule is Cc1ncn(CC2=NCN=N2)c(=O)c1C. The molecule has 0 bridgehead atoms. The molecule has 0 atom stereocenters. The van der Waals surface area contributed by atoms with Crippen molar-refractivity contribution in [3.05, 3.63) is 27.9 Å². The molecule has 1 aromatic heterocycles. The van der Waals surface area contributed by atoms with Gasteiger partial charge in [0.1, 0.15) is 0 Å². The Hall–Kier alpha value is -1.85. The molecule has 1 aliphatic rings. The maximum absolute atomic E-state index is 11.8. The van der Waals surface area contributed by atoms with Gasteiger partial charge in [-0.15, -0.1) is 5.11 Å². The van der Waals surface area contributed by atoms with Crippen molar-refractivity contribution >= 4 is 5.84 Å². The number of hydrogen-bond donors (Lipinski definition) is 0. The second-order valence-corrected chi connectivity index (χ2v) is 3.35. The number of aromatic nitrogens is 2. The van der Waals surface area contributed by atoms with E-state index in [2.05, 4.69) is 20.2 Å². The molecule has 0 aromatic carbocycles. The molecule has 2 heterocycles. The van der Waals surface area contributed by atoms with Gasteiger partial charge in [0.25, 0.3) is 5.56 Å². The minimum atomic E-state index is -0.0488. The Bertz CT molecular complexity index is 500. The van der Waals surface area contributed by atoms with Crippen molar-refractivity contribution in [1.29, 1.82) is 0 Å². The van der Waals surface area contributed by atoms with E-state index in [1.807, 2.05) is 6.92 Å². The molecule has 0 fully saturated rings. The summed E-state index contributed by atoms with van der Waals surface area (Å²) in [6, 6.07) is 0. The van der Waals surface area contributed by atoms with Crippen LogP contribution in [0.1, 0.15) is 11.3 Å². The molecule has 0 unspecified atom stereocenters. The van der Waals surface area contributed by atoms with Crippen LogP contribution in [0.3, 0.4) is 0 Å². The maximum Gasteiger partial charge on any atom is 0.256 e. The van der Waals surface area contributed by atoms with Crippen LogP contribution in [0.2, 0.25) is 0 Å². The van der Waals surface area contributed by atoms with Gasteiger partial charge in [-0.2, -0.15) is 5.11 Å². The van der Waals surface area contributed by atoms with Crippen molar-refractivity contribution in [3.63, 3.8) is 0 Å². The molecule has 6 heteroatoms. The van der Waals surface area contributed by atoms with Crippen LogP contribution in [0, 0.1) is 13.8 Å². The van der Waals surface area contributed by atoms with E-state index in [1.54, 1.807) is 6.92 Å². The topological polar surface area (TPSA) is 72.0 Å². The molecule has 78 valence electrons. The first-order chi connectivity index (χ1) is 7.18. The fourth-order valence-corrected chi connectivity index (χ4v) is 1.28. The average molecular weight is 205 g/mol. The van der Waals surface area contributed by atoms with Gasteiger partial charge in [-0.3, -0.25) is 9.36 Å². The van der Waals surface area contributed by atoms with Crippen LogP contribution < -0.4 is 5.56 Å². The van der Waals surface area contributed by atoms with E-state index in [1.165, 1.54) is 10.9 Å². The Morgan fingerprint density at radius 2 is 2.27 bits per heavy atom. The third-order valence-electron chi connectivity index (χ3n) is 2.33. The van der Waals surface area contributed by atoms with Crippen molar-refractivity contribution in [2.24, 2.45) is 15.2 Å². The monoisotopic (exact) mass is 205 g/mol. The number of amidine groups is 1.